The van der Waals surface area contributed by atoms with Gasteiger partial charge in [-0.3, -0.25) is 0 Å². The Kier molecular flexibility index (Phi) is 4.11. The van der Waals surface area contributed by atoms with Crippen LogP contribution in [0.3, 0.4) is 0 Å². The zero-order valence-corrected chi connectivity index (χ0v) is 12.5. The number of hydrogen-bond acceptors (Lipinski definition) is 3. The molecule has 0 saturated carbocycles. The van der Waals surface area contributed by atoms with Gasteiger partial charge in [0.1, 0.15) is 0 Å². The van der Waals surface area contributed by atoms with Crippen LogP contribution >= 0.6 is 15.9 Å². The second-order valence-electron chi connectivity index (χ2n) is 4.57. The second kappa shape index (κ2) is 5.28. The lowest BCUT2D eigenvalue weighted by Gasteiger charge is -2.29. The van der Waals surface area contributed by atoms with Crippen LogP contribution in [0.4, 0.5) is 0 Å². The van der Waals surface area contributed by atoms with Gasteiger partial charge in [0.25, 0.3) is 0 Å². The normalized spacial score (nSPS) is 22.1. The Balaban J connectivity index is 2.32. The Morgan fingerprint density at radius 2 is 2.17 bits per heavy atom. The van der Waals surface area contributed by atoms with E-state index in [4.69, 9.17) is 0 Å². The summed E-state index contributed by atoms with van der Waals surface area (Å²) in [5.74, 6) is 0. The van der Waals surface area contributed by atoms with Crippen LogP contribution < -0.4 is 0 Å². The first-order valence-corrected chi connectivity index (χ1v) is 8.09. The standard InChI is InChI=1S/C12H16BrNO3S/c1-9-7-11(4-5-12(9)13)18(16,17)14-6-2-3-10(15)8-14/h4-5,7,10,15H,2-3,6,8H2,1H3. The summed E-state index contributed by atoms with van der Waals surface area (Å²) in [4.78, 5) is 0.289. The average Bonchev–Trinajstić information content (AvgIpc) is 2.32. The molecule has 0 radical (unpaired) electrons. The van der Waals surface area contributed by atoms with E-state index in [9.17, 15) is 13.5 Å². The number of sulfonamides is 1. The van der Waals surface area contributed by atoms with Crippen molar-refractivity contribution in [2.75, 3.05) is 13.1 Å². The van der Waals surface area contributed by atoms with Crippen LogP contribution in [-0.2, 0) is 10.0 Å². The summed E-state index contributed by atoms with van der Waals surface area (Å²) in [5.41, 5.74) is 0.883. The van der Waals surface area contributed by atoms with Gasteiger partial charge in [0.15, 0.2) is 0 Å². The molecule has 1 fully saturated rings. The predicted molar refractivity (Wildman–Crippen MR) is 72.9 cm³/mol. The monoisotopic (exact) mass is 333 g/mol. The Bertz CT molecular complexity index is 544. The number of halogens is 1. The van der Waals surface area contributed by atoms with Crippen molar-refractivity contribution in [2.24, 2.45) is 0 Å². The first-order valence-electron chi connectivity index (χ1n) is 5.85. The highest BCUT2D eigenvalue weighted by atomic mass is 79.9. The van der Waals surface area contributed by atoms with Crippen LogP contribution in [0.2, 0.25) is 0 Å². The molecule has 100 valence electrons. The van der Waals surface area contributed by atoms with E-state index in [-0.39, 0.29) is 11.4 Å². The van der Waals surface area contributed by atoms with Gasteiger partial charge < -0.3 is 5.11 Å². The van der Waals surface area contributed by atoms with Crippen molar-refractivity contribution in [3.05, 3.63) is 28.2 Å². The van der Waals surface area contributed by atoms with Gasteiger partial charge in [-0.25, -0.2) is 8.42 Å². The molecule has 1 N–H and O–H groups in total. The molecular formula is C12H16BrNO3S. The molecule has 2 rings (SSSR count). The van der Waals surface area contributed by atoms with Crippen molar-refractivity contribution in [1.82, 2.24) is 4.31 Å². The Labute approximate surface area is 116 Å². The van der Waals surface area contributed by atoms with Gasteiger partial charge in [-0.15, -0.1) is 0 Å². The quantitative estimate of drug-likeness (QED) is 0.899. The number of aliphatic hydroxyl groups excluding tert-OH is 1. The predicted octanol–water partition coefficient (Wildman–Crippen LogP) is 1.90. The summed E-state index contributed by atoms with van der Waals surface area (Å²) in [6, 6.07) is 4.98. The van der Waals surface area contributed by atoms with Gasteiger partial charge in [-0.05, 0) is 43.5 Å². The minimum atomic E-state index is -3.48. The SMILES string of the molecule is Cc1cc(S(=O)(=O)N2CCCC(O)C2)ccc1Br. The lowest BCUT2D eigenvalue weighted by Crippen LogP contribution is -2.42. The van der Waals surface area contributed by atoms with E-state index >= 15 is 0 Å². The molecule has 0 aromatic heterocycles. The van der Waals surface area contributed by atoms with Crippen molar-refractivity contribution in [1.29, 1.82) is 0 Å². The fraction of sp³-hybridized carbons (Fsp3) is 0.500. The van der Waals surface area contributed by atoms with Gasteiger partial charge in [0.05, 0.1) is 11.0 Å². The maximum atomic E-state index is 12.4. The number of aryl methyl sites for hydroxylation is 1. The smallest absolute Gasteiger partial charge is 0.243 e. The maximum Gasteiger partial charge on any atom is 0.243 e. The molecule has 1 aromatic carbocycles. The summed E-state index contributed by atoms with van der Waals surface area (Å²) >= 11 is 3.35. The molecule has 1 aliphatic rings. The third kappa shape index (κ3) is 2.77. The number of hydrogen-bond donors (Lipinski definition) is 1. The molecule has 1 unspecified atom stereocenters. The number of piperidine rings is 1. The van der Waals surface area contributed by atoms with E-state index in [2.05, 4.69) is 15.9 Å². The van der Waals surface area contributed by atoms with Gasteiger partial charge in [-0.2, -0.15) is 4.31 Å². The van der Waals surface area contributed by atoms with E-state index in [0.717, 1.165) is 10.0 Å². The van der Waals surface area contributed by atoms with Crippen LogP contribution in [0.5, 0.6) is 0 Å². The third-order valence-corrected chi connectivity index (χ3v) is 5.88. The molecule has 18 heavy (non-hydrogen) atoms. The molecule has 0 bridgehead atoms. The summed E-state index contributed by atoms with van der Waals surface area (Å²) in [6.45, 7) is 2.53. The lowest BCUT2D eigenvalue weighted by molar-refractivity contribution is 0.108. The molecular weight excluding hydrogens is 318 g/mol. The summed E-state index contributed by atoms with van der Waals surface area (Å²) < 4.78 is 27.0. The molecule has 1 aliphatic heterocycles. The van der Waals surface area contributed by atoms with E-state index in [1.807, 2.05) is 6.92 Å². The molecule has 0 aliphatic carbocycles. The first kappa shape index (κ1) is 14.0. The number of benzene rings is 1. The molecule has 4 nitrogen and oxygen atoms in total. The summed E-state index contributed by atoms with van der Waals surface area (Å²) in [6.07, 6.45) is 0.825. The highest BCUT2D eigenvalue weighted by Gasteiger charge is 2.29. The van der Waals surface area contributed by atoms with Gasteiger partial charge in [0, 0.05) is 17.6 Å². The number of β-amino-alcohol motifs (C(OH)–C–C–N with tert-alkyl or cyclic N) is 1. The molecule has 6 heteroatoms. The largest absolute Gasteiger partial charge is 0.392 e. The lowest BCUT2D eigenvalue weighted by atomic mass is 10.1. The third-order valence-electron chi connectivity index (χ3n) is 3.13. The second-order valence-corrected chi connectivity index (χ2v) is 7.36. The molecule has 1 aromatic rings. The maximum absolute atomic E-state index is 12.4. The van der Waals surface area contributed by atoms with Crippen LogP contribution in [0.15, 0.2) is 27.6 Å². The van der Waals surface area contributed by atoms with E-state index in [0.29, 0.717) is 19.4 Å². The van der Waals surface area contributed by atoms with Crippen LogP contribution in [0.25, 0.3) is 0 Å². The highest BCUT2D eigenvalue weighted by molar-refractivity contribution is 9.10. The number of rotatable bonds is 2. The zero-order chi connectivity index (χ0) is 13.3. The molecule has 0 spiro atoms. The topological polar surface area (TPSA) is 57.6 Å². The minimum Gasteiger partial charge on any atom is -0.392 e. The van der Waals surface area contributed by atoms with Gasteiger partial charge in [-0.1, -0.05) is 15.9 Å². The fourth-order valence-corrected chi connectivity index (χ4v) is 3.91. The van der Waals surface area contributed by atoms with Crippen molar-refractivity contribution in [3.8, 4) is 0 Å². The van der Waals surface area contributed by atoms with E-state index in [1.165, 1.54) is 4.31 Å². The van der Waals surface area contributed by atoms with Crippen LogP contribution in [-0.4, -0.2) is 37.0 Å². The summed E-state index contributed by atoms with van der Waals surface area (Å²) in [5, 5.41) is 9.57. The molecule has 0 amide bonds. The minimum absolute atomic E-state index is 0.192. The van der Waals surface area contributed by atoms with Crippen molar-refractivity contribution >= 4 is 26.0 Å². The average molecular weight is 334 g/mol. The zero-order valence-electron chi connectivity index (χ0n) is 10.1. The number of nitrogens with zero attached hydrogens (tertiary/aromatic N) is 1. The van der Waals surface area contributed by atoms with Crippen LogP contribution in [0.1, 0.15) is 18.4 Å². The Morgan fingerprint density at radius 1 is 1.44 bits per heavy atom. The first-order chi connectivity index (χ1) is 8.41. The Hall–Kier alpha value is -0.430. The Morgan fingerprint density at radius 3 is 2.78 bits per heavy atom. The van der Waals surface area contributed by atoms with Crippen molar-refractivity contribution in [3.63, 3.8) is 0 Å². The van der Waals surface area contributed by atoms with Gasteiger partial charge in [0.2, 0.25) is 10.0 Å². The fourth-order valence-electron chi connectivity index (χ4n) is 2.07. The van der Waals surface area contributed by atoms with Gasteiger partial charge >= 0.3 is 0 Å². The van der Waals surface area contributed by atoms with E-state index < -0.39 is 16.1 Å². The van der Waals surface area contributed by atoms with Crippen molar-refractivity contribution < 1.29 is 13.5 Å². The molecule has 1 heterocycles. The molecule has 1 atom stereocenters. The van der Waals surface area contributed by atoms with E-state index in [1.54, 1.807) is 18.2 Å². The molecule has 1 saturated heterocycles. The summed E-state index contributed by atoms with van der Waals surface area (Å²) in [7, 11) is -3.48. The number of aliphatic hydroxyl groups is 1. The van der Waals surface area contributed by atoms with Crippen molar-refractivity contribution in [2.45, 2.75) is 30.8 Å². The highest BCUT2D eigenvalue weighted by Crippen LogP contribution is 2.24. The van der Waals surface area contributed by atoms with Crippen LogP contribution in [0, 0.1) is 6.92 Å².